The maximum absolute atomic E-state index is 12.2. The van der Waals surface area contributed by atoms with Crippen LogP contribution in [-0.4, -0.2) is 18.9 Å². The summed E-state index contributed by atoms with van der Waals surface area (Å²) in [6.07, 6.45) is 0. The molecule has 2 nitrogen and oxygen atoms in total. The number of Topliss-reactive ketones (excluding diaryl/α,β-unsaturated/α-hetero) is 1. The average molecular weight is 286 g/mol. The van der Waals surface area contributed by atoms with E-state index in [1.807, 2.05) is 26.0 Å². The number of carbonyl (C=O) groups is 1. The van der Waals surface area contributed by atoms with Crippen molar-refractivity contribution in [3.05, 3.63) is 33.8 Å². The predicted octanol–water partition coefficient (Wildman–Crippen LogP) is 3.52. The first kappa shape index (κ1) is 13.9. The zero-order valence-electron chi connectivity index (χ0n) is 10.5. The van der Waals surface area contributed by atoms with Crippen molar-refractivity contribution in [3.63, 3.8) is 0 Å². The van der Waals surface area contributed by atoms with Gasteiger partial charge in [0.05, 0.1) is 10.0 Å². The summed E-state index contributed by atoms with van der Waals surface area (Å²) in [7, 11) is 0. The molecule has 98 valence electrons. The van der Waals surface area contributed by atoms with Crippen molar-refractivity contribution in [2.45, 2.75) is 19.8 Å². The number of ketones is 1. The minimum atomic E-state index is 0.0437. The Bertz CT molecular complexity index is 459. The smallest absolute Gasteiger partial charge is 0.140 e. The summed E-state index contributed by atoms with van der Waals surface area (Å²) in [4.78, 5) is 12.2. The molecular weight excluding hydrogens is 269 g/mol. The summed E-state index contributed by atoms with van der Waals surface area (Å²) >= 11 is 12.0. The third kappa shape index (κ3) is 2.71. The molecule has 0 saturated carbocycles. The lowest BCUT2D eigenvalue weighted by Crippen LogP contribution is -2.25. The summed E-state index contributed by atoms with van der Waals surface area (Å²) < 4.78 is 0. The molecule has 1 heterocycles. The molecule has 4 heteroatoms. The molecule has 2 atom stereocenters. The first-order valence-corrected chi connectivity index (χ1v) is 6.95. The van der Waals surface area contributed by atoms with Gasteiger partial charge in [-0.15, -0.1) is 0 Å². The number of hydrogen-bond donors (Lipinski definition) is 1. The molecule has 0 aliphatic carbocycles. The van der Waals surface area contributed by atoms with E-state index in [4.69, 9.17) is 23.2 Å². The van der Waals surface area contributed by atoms with Gasteiger partial charge >= 0.3 is 0 Å². The van der Waals surface area contributed by atoms with Crippen LogP contribution in [0.4, 0.5) is 0 Å². The minimum absolute atomic E-state index is 0.0437. The van der Waals surface area contributed by atoms with Gasteiger partial charge in [-0.3, -0.25) is 4.79 Å². The van der Waals surface area contributed by atoms with Crippen LogP contribution in [0.3, 0.4) is 0 Å². The lowest BCUT2D eigenvalue weighted by molar-refractivity contribution is -0.125. The summed E-state index contributed by atoms with van der Waals surface area (Å²) in [5.74, 6) is 0.633. The standard InChI is InChI=1S/C14H17Cl2NO/c1-8(2)14(18)11-7-17-6-10(11)9-3-4-12(15)13(16)5-9/h3-5,8,10-11,17H,6-7H2,1-2H3/t10-,11+/m0/s1. The quantitative estimate of drug-likeness (QED) is 0.921. The molecule has 1 fully saturated rings. The topological polar surface area (TPSA) is 29.1 Å². The number of carbonyl (C=O) groups excluding carboxylic acids is 1. The fourth-order valence-electron chi connectivity index (χ4n) is 2.50. The van der Waals surface area contributed by atoms with Crippen molar-refractivity contribution >= 4 is 29.0 Å². The van der Waals surface area contributed by atoms with E-state index in [9.17, 15) is 4.79 Å². The third-order valence-corrected chi connectivity index (χ3v) is 4.26. The molecule has 1 saturated heterocycles. The van der Waals surface area contributed by atoms with E-state index in [1.54, 1.807) is 6.07 Å². The number of rotatable bonds is 3. The molecule has 0 bridgehead atoms. The zero-order chi connectivity index (χ0) is 13.3. The van der Waals surface area contributed by atoms with Gasteiger partial charge in [-0.2, -0.15) is 0 Å². The van der Waals surface area contributed by atoms with Gasteiger partial charge in [0.1, 0.15) is 5.78 Å². The van der Waals surface area contributed by atoms with Gasteiger partial charge in [0.25, 0.3) is 0 Å². The molecule has 18 heavy (non-hydrogen) atoms. The maximum atomic E-state index is 12.2. The highest BCUT2D eigenvalue weighted by Crippen LogP contribution is 2.33. The van der Waals surface area contributed by atoms with Crippen LogP contribution in [0.1, 0.15) is 25.3 Å². The Balaban J connectivity index is 2.26. The van der Waals surface area contributed by atoms with Crippen molar-refractivity contribution in [2.24, 2.45) is 11.8 Å². The fourth-order valence-corrected chi connectivity index (χ4v) is 2.81. The van der Waals surface area contributed by atoms with E-state index < -0.39 is 0 Å². The summed E-state index contributed by atoms with van der Waals surface area (Å²) in [6.45, 7) is 5.47. The molecule has 0 aromatic heterocycles. The van der Waals surface area contributed by atoms with Crippen molar-refractivity contribution in [1.29, 1.82) is 0 Å². The number of nitrogens with one attached hydrogen (secondary N) is 1. The van der Waals surface area contributed by atoms with E-state index in [-0.39, 0.29) is 17.8 Å². The first-order chi connectivity index (χ1) is 8.50. The second-order valence-electron chi connectivity index (χ2n) is 5.10. The summed E-state index contributed by atoms with van der Waals surface area (Å²) in [5, 5.41) is 4.40. The molecule has 1 aromatic carbocycles. The summed E-state index contributed by atoms with van der Waals surface area (Å²) in [5.41, 5.74) is 1.09. The molecule has 1 aromatic rings. The summed E-state index contributed by atoms with van der Waals surface area (Å²) in [6, 6.07) is 5.64. The van der Waals surface area contributed by atoms with Crippen LogP contribution in [0.2, 0.25) is 10.0 Å². The highest BCUT2D eigenvalue weighted by Gasteiger charge is 2.34. The second-order valence-corrected chi connectivity index (χ2v) is 5.92. The van der Waals surface area contributed by atoms with Crippen LogP contribution in [-0.2, 0) is 4.79 Å². The SMILES string of the molecule is CC(C)C(=O)[C@@H]1CNC[C@H]1c1ccc(Cl)c(Cl)c1. The van der Waals surface area contributed by atoms with Crippen LogP contribution >= 0.6 is 23.2 Å². The van der Waals surface area contributed by atoms with Gasteiger partial charge < -0.3 is 5.32 Å². The Labute approximate surface area is 118 Å². The predicted molar refractivity (Wildman–Crippen MR) is 75.4 cm³/mol. The van der Waals surface area contributed by atoms with E-state index in [0.717, 1.165) is 18.7 Å². The van der Waals surface area contributed by atoms with E-state index in [1.165, 1.54) is 0 Å². The molecule has 0 unspecified atom stereocenters. The first-order valence-electron chi connectivity index (χ1n) is 6.20. The fraction of sp³-hybridized carbons (Fsp3) is 0.500. The Morgan fingerprint density at radius 3 is 2.61 bits per heavy atom. The van der Waals surface area contributed by atoms with Gasteiger partial charge in [0.2, 0.25) is 0 Å². The molecule has 2 rings (SSSR count). The third-order valence-electron chi connectivity index (χ3n) is 3.52. The van der Waals surface area contributed by atoms with Gasteiger partial charge in [-0.25, -0.2) is 0 Å². The van der Waals surface area contributed by atoms with Crippen LogP contribution in [0.15, 0.2) is 18.2 Å². The molecule has 1 N–H and O–H groups in total. The molecule has 0 spiro atoms. The van der Waals surface area contributed by atoms with E-state index in [2.05, 4.69) is 5.32 Å². The van der Waals surface area contributed by atoms with Crippen molar-refractivity contribution in [3.8, 4) is 0 Å². The van der Waals surface area contributed by atoms with Crippen LogP contribution in [0.25, 0.3) is 0 Å². The number of benzene rings is 1. The molecule has 1 aliphatic rings. The Morgan fingerprint density at radius 1 is 1.28 bits per heavy atom. The van der Waals surface area contributed by atoms with Crippen molar-refractivity contribution in [2.75, 3.05) is 13.1 Å². The maximum Gasteiger partial charge on any atom is 0.140 e. The van der Waals surface area contributed by atoms with Crippen LogP contribution < -0.4 is 5.32 Å². The Morgan fingerprint density at radius 2 is 2.00 bits per heavy atom. The largest absolute Gasteiger partial charge is 0.315 e. The molecule has 1 aliphatic heterocycles. The van der Waals surface area contributed by atoms with Crippen LogP contribution in [0, 0.1) is 11.8 Å². The lowest BCUT2D eigenvalue weighted by atomic mass is 9.83. The normalized spacial score (nSPS) is 23.6. The highest BCUT2D eigenvalue weighted by atomic mass is 35.5. The zero-order valence-corrected chi connectivity index (χ0v) is 12.1. The van der Waals surface area contributed by atoms with Crippen molar-refractivity contribution < 1.29 is 4.79 Å². The molecule has 0 radical (unpaired) electrons. The second kappa shape index (κ2) is 5.60. The van der Waals surface area contributed by atoms with Crippen molar-refractivity contribution in [1.82, 2.24) is 5.32 Å². The van der Waals surface area contributed by atoms with E-state index in [0.29, 0.717) is 15.8 Å². The average Bonchev–Trinajstić information content (AvgIpc) is 2.80. The molecular formula is C14H17Cl2NO. The number of halogens is 2. The van der Waals surface area contributed by atoms with E-state index >= 15 is 0 Å². The van der Waals surface area contributed by atoms with Gasteiger partial charge in [-0.05, 0) is 17.7 Å². The highest BCUT2D eigenvalue weighted by molar-refractivity contribution is 6.42. The van der Waals surface area contributed by atoms with Gasteiger partial charge in [0, 0.05) is 30.8 Å². The van der Waals surface area contributed by atoms with Crippen LogP contribution in [0.5, 0.6) is 0 Å². The molecule has 0 amide bonds. The monoisotopic (exact) mass is 285 g/mol. The number of hydrogen-bond acceptors (Lipinski definition) is 2. The van der Waals surface area contributed by atoms with Gasteiger partial charge in [-0.1, -0.05) is 43.1 Å². The Kier molecular flexibility index (Phi) is 4.31. The Hall–Kier alpha value is -0.570. The lowest BCUT2D eigenvalue weighted by Gasteiger charge is -2.20. The minimum Gasteiger partial charge on any atom is -0.315 e. The van der Waals surface area contributed by atoms with Gasteiger partial charge in [0.15, 0.2) is 0 Å².